The van der Waals surface area contributed by atoms with Crippen LogP contribution < -0.4 is 5.32 Å². The third-order valence-corrected chi connectivity index (χ3v) is 5.64. The van der Waals surface area contributed by atoms with Crippen molar-refractivity contribution in [3.8, 4) is 0 Å². The number of benzene rings is 1. The highest BCUT2D eigenvalue weighted by Gasteiger charge is 2.57. The number of aliphatic carboxylic acids is 1. The second-order valence-electron chi connectivity index (χ2n) is 7.18. The van der Waals surface area contributed by atoms with E-state index in [4.69, 9.17) is 0 Å². The Morgan fingerprint density at radius 2 is 1.67 bits per heavy atom. The number of anilines is 1. The zero-order valence-corrected chi connectivity index (χ0v) is 14.5. The van der Waals surface area contributed by atoms with Crippen molar-refractivity contribution in [2.75, 3.05) is 5.32 Å². The van der Waals surface area contributed by atoms with E-state index < -0.39 is 17.8 Å². The summed E-state index contributed by atoms with van der Waals surface area (Å²) in [5.41, 5.74) is 4.34. The smallest absolute Gasteiger partial charge is 0.307 e. The van der Waals surface area contributed by atoms with Gasteiger partial charge in [0.05, 0.1) is 11.8 Å². The maximum atomic E-state index is 12.8. The number of carboxylic acids is 1. The summed E-state index contributed by atoms with van der Waals surface area (Å²) in [4.78, 5) is 24.7. The molecule has 2 saturated carbocycles. The van der Waals surface area contributed by atoms with E-state index in [9.17, 15) is 14.7 Å². The minimum atomic E-state index is -0.845. The lowest BCUT2D eigenvalue weighted by Gasteiger charge is -2.26. The Labute approximate surface area is 143 Å². The number of allylic oxidation sites excluding steroid dienone is 2. The SMILES string of the molecule is CCc1ccc(NC(=O)[C@@H]2[C@@H](C(=O)O)[C@@H]3CC[C@H]2C3=C(C)C)cc1. The van der Waals surface area contributed by atoms with Crippen molar-refractivity contribution in [2.24, 2.45) is 23.7 Å². The molecule has 0 aliphatic heterocycles. The van der Waals surface area contributed by atoms with Gasteiger partial charge in [-0.15, -0.1) is 0 Å². The Morgan fingerprint density at radius 1 is 1.08 bits per heavy atom. The van der Waals surface area contributed by atoms with Crippen molar-refractivity contribution in [2.45, 2.75) is 40.0 Å². The van der Waals surface area contributed by atoms with Crippen LogP contribution in [0.25, 0.3) is 0 Å². The van der Waals surface area contributed by atoms with Crippen molar-refractivity contribution in [3.63, 3.8) is 0 Å². The van der Waals surface area contributed by atoms with Crippen LogP contribution in [0.3, 0.4) is 0 Å². The highest BCUT2D eigenvalue weighted by atomic mass is 16.4. The fourth-order valence-corrected chi connectivity index (χ4v) is 4.65. The second-order valence-corrected chi connectivity index (χ2v) is 7.18. The molecule has 3 rings (SSSR count). The Kier molecular flexibility index (Phi) is 4.48. The molecule has 4 nitrogen and oxygen atoms in total. The monoisotopic (exact) mass is 327 g/mol. The Bertz CT molecular complexity index is 685. The van der Waals surface area contributed by atoms with E-state index in [-0.39, 0.29) is 17.7 Å². The van der Waals surface area contributed by atoms with Crippen LogP contribution in [-0.4, -0.2) is 17.0 Å². The molecule has 1 aromatic carbocycles. The molecule has 2 bridgehead atoms. The average molecular weight is 327 g/mol. The molecule has 2 N–H and O–H groups in total. The summed E-state index contributed by atoms with van der Waals surface area (Å²) in [6, 6.07) is 7.77. The highest BCUT2D eigenvalue weighted by Crippen LogP contribution is 2.57. The van der Waals surface area contributed by atoms with Crippen LogP contribution in [0.4, 0.5) is 5.69 Å². The minimum absolute atomic E-state index is 0.0238. The number of amides is 1. The first-order valence-corrected chi connectivity index (χ1v) is 8.74. The molecule has 0 aromatic heterocycles. The molecule has 0 heterocycles. The number of carbonyl (C=O) groups excluding carboxylic acids is 1. The lowest BCUT2D eigenvalue weighted by atomic mass is 9.78. The van der Waals surface area contributed by atoms with Gasteiger partial charge in [0.15, 0.2) is 0 Å². The van der Waals surface area contributed by atoms with Gasteiger partial charge < -0.3 is 10.4 Å². The largest absolute Gasteiger partial charge is 0.481 e. The lowest BCUT2D eigenvalue weighted by Crippen LogP contribution is -2.37. The molecule has 24 heavy (non-hydrogen) atoms. The minimum Gasteiger partial charge on any atom is -0.481 e. The number of hydrogen-bond donors (Lipinski definition) is 2. The third kappa shape index (κ3) is 2.74. The fourth-order valence-electron chi connectivity index (χ4n) is 4.65. The van der Waals surface area contributed by atoms with Gasteiger partial charge in [-0.2, -0.15) is 0 Å². The van der Waals surface area contributed by atoms with Crippen LogP contribution in [0, 0.1) is 23.7 Å². The lowest BCUT2D eigenvalue weighted by molar-refractivity contribution is -0.148. The zero-order valence-electron chi connectivity index (χ0n) is 14.5. The van der Waals surface area contributed by atoms with E-state index in [1.165, 1.54) is 16.7 Å². The molecular formula is C20H25NO3. The van der Waals surface area contributed by atoms with Gasteiger partial charge in [0.25, 0.3) is 0 Å². The molecule has 2 aliphatic carbocycles. The van der Waals surface area contributed by atoms with E-state index in [0.29, 0.717) is 0 Å². The summed E-state index contributed by atoms with van der Waals surface area (Å²) >= 11 is 0. The van der Waals surface area contributed by atoms with Crippen molar-refractivity contribution in [3.05, 3.63) is 41.0 Å². The molecular weight excluding hydrogens is 302 g/mol. The van der Waals surface area contributed by atoms with Gasteiger partial charge in [-0.1, -0.05) is 30.2 Å². The number of rotatable bonds is 4. The standard InChI is InChI=1S/C20H25NO3/c1-4-12-5-7-13(8-6-12)21-19(22)17-14-9-10-15(16(14)11(2)3)18(17)20(23)24/h5-8,14-15,17-18H,4,9-10H2,1-3H3,(H,21,22)(H,23,24)/t14-,15+,17-,18-/m0/s1. The van der Waals surface area contributed by atoms with E-state index in [1.54, 1.807) is 0 Å². The highest BCUT2D eigenvalue weighted by molar-refractivity contribution is 5.96. The van der Waals surface area contributed by atoms with Crippen LogP contribution in [0.15, 0.2) is 35.4 Å². The maximum Gasteiger partial charge on any atom is 0.307 e. The first kappa shape index (κ1) is 16.7. The van der Waals surface area contributed by atoms with Crippen LogP contribution in [0.2, 0.25) is 0 Å². The predicted molar refractivity (Wildman–Crippen MR) is 93.7 cm³/mol. The third-order valence-electron chi connectivity index (χ3n) is 5.64. The number of nitrogens with one attached hydrogen (secondary N) is 1. The second kappa shape index (κ2) is 6.42. The summed E-state index contributed by atoms with van der Waals surface area (Å²) in [5.74, 6) is -1.95. The van der Waals surface area contributed by atoms with Crippen molar-refractivity contribution in [1.29, 1.82) is 0 Å². The quantitative estimate of drug-likeness (QED) is 0.825. The van der Waals surface area contributed by atoms with Gasteiger partial charge in [0.1, 0.15) is 0 Å². The number of carboxylic acid groups (broad SMARTS) is 1. The van der Waals surface area contributed by atoms with E-state index in [1.807, 2.05) is 38.1 Å². The van der Waals surface area contributed by atoms with Gasteiger partial charge in [-0.25, -0.2) is 0 Å². The molecule has 4 heteroatoms. The van der Waals surface area contributed by atoms with Crippen molar-refractivity contribution >= 4 is 17.6 Å². The van der Waals surface area contributed by atoms with Gasteiger partial charge in [0.2, 0.25) is 5.91 Å². The molecule has 0 spiro atoms. The van der Waals surface area contributed by atoms with E-state index >= 15 is 0 Å². The van der Waals surface area contributed by atoms with E-state index in [2.05, 4.69) is 12.2 Å². The molecule has 1 aromatic rings. The summed E-state index contributed by atoms with van der Waals surface area (Å²) in [5, 5.41) is 12.6. The van der Waals surface area contributed by atoms with Crippen LogP contribution in [-0.2, 0) is 16.0 Å². The first-order valence-electron chi connectivity index (χ1n) is 8.74. The Morgan fingerprint density at radius 3 is 2.17 bits per heavy atom. The zero-order chi connectivity index (χ0) is 17.4. The number of aryl methyl sites for hydroxylation is 1. The van der Waals surface area contributed by atoms with Gasteiger partial charge in [-0.3, -0.25) is 9.59 Å². The summed E-state index contributed by atoms with van der Waals surface area (Å²) in [6.45, 7) is 6.15. The fraction of sp³-hybridized carbons (Fsp3) is 0.500. The average Bonchev–Trinajstić information content (AvgIpc) is 3.11. The van der Waals surface area contributed by atoms with Gasteiger partial charge in [0, 0.05) is 5.69 Å². The molecule has 0 radical (unpaired) electrons. The number of fused-ring (bicyclic) bond motifs is 2. The topological polar surface area (TPSA) is 66.4 Å². The Hall–Kier alpha value is -2.10. The van der Waals surface area contributed by atoms with E-state index in [0.717, 1.165) is 24.9 Å². The summed E-state index contributed by atoms with van der Waals surface area (Å²) in [7, 11) is 0. The Balaban J connectivity index is 1.85. The molecule has 128 valence electrons. The van der Waals surface area contributed by atoms with Crippen LogP contribution in [0.5, 0.6) is 0 Å². The number of carbonyl (C=O) groups is 2. The molecule has 0 unspecified atom stereocenters. The normalized spacial score (nSPS) is 28.0. The van der Waals surface area contributed by atoms with Crippen molar-refractivity contribution < 1.29 is 14.7 Å². The first-order chi connectivity index (χ1) is 11.4. The molecule has 2 fully saturated rings. The van der Waals surface area contributed by atoms with Gasteiger partial charge in [-0.05, 0) is 62.6 Å². The predicted octanol–water partition coefficient (Wildman–Crippen LogP) is 3.88. The summed E-state index contributed by atoms with van der Waals surface area (Å²) in [6.07, 6.45) is 2.75. The molecule has 0 saturated heterocycles. The molecule has 1 amide bonds. The maximum absolute atomic E-state index is 12.8. The summed E-state index contributed by atoms with van der Waals surface area (Å²) < 4.78 is 0. The van der Waals surface area contributed by atoms with Crippen LogP contribution >= 0.6 is 0 Å². The molecule has 2 aliphatic rings. The van der Waals surface area contributed by atoms with Crippen LogP contribution in [0.1, 0.15) is 39.2 Å². The van der Waals surface area contributed by atoms with Crippen molar-refractivity contribution in [1.82, 2.24) is 0 Å². The molecule has 4 atom stereocenters. The number of hydrogen-bond acceptors (Lipinski definition) is 2. The van der Waals surface area contributed by atoms with Gasteiger partial charge >= 0.3 is 5.97 Å².